The molecule has 1 N–H and O–H groups in total. The second-order valence-electron chi connectivity index (χ2n) is 6.13. The molecule has 2 aromatic carbocycles. The lowest BCUT2D eigenvalue weighted by atomic mass is 10.1. The molecule has 0 aliphatic rings. The summed E-state index contributed by atoms with van der Waals surface area (Å²) in [4.78, 5) is 12.1. The third-order valence-electron chi connectivity index (χ3n) is 4.19. The highest BCUT2D eigenvalue weighted by atomic mass is 32.2. The highest BCUT2D eigenvalue weighted by Crippen LogP contribution is 2.30. The van der Waals surface area contributed by atoms with Crippen LogP contribution in [0.15, 0.2) is 46.8 Å². The molecule has 0 radical (unpaired) electrons. The van der Waals surface area contributed by atoms with E-state index in [0.717, 1.165) is 27.3 Å². The summed E-state index contributed by atoms with van der Waals surface area (Å²) in [5, 5.41) is 12.5. The van der Waals surface area contributed by atoms with Crippen molar-refractivity contribution in [3.63, 3.8) is 0 Å². The summed E-state index contributed by atoms with van der Waals surface area (Å²) in [6, 6.07) is 11.8. The van der Waals surface area contributed by atoms with E-state index in [0.29, 0.717) is 12.0 Å². The smallest absolute Gasteiger partial charge is 0.210 e. The number of carbonyl (C=O) groups excluding carboxylic acids is 1. The van der Waals surface area contributed by atoms with E-state index in [9.17, 15) is 9.18 Å². The van der Waals surface area contributed by atoms with E-state index >= 15 is 0 Å². The first kappa shape index (κ1) is 19.5. The summed E-state index contributed by atoms with van der Waals surface area (Å²) in [6.07, 6.45) is 1.17. The third-order valence-corrected chi connectivity index (χ3v) is 6.25. The number of anilines is 2. The van der Waals surface area contributed by atoms with E-state index < -0.39 is 0 Å². The fraction of sp³-hybridized carbons (Fsp3) is 0.250. The van der Waals surface area contributed by atoms with Gasteiger partial charge in [0.2, 0.25) is 5.13 Å². The Morgan fingerprint density at radius 1 is 1.15 bits per heavy atom. The Morgan fingerprint density at radius 2 is 1.93 bits per heavy atom. The molecule has 0 aliphatic carbocycles. The second-order valence-corrected chi connectivity index (χ2v) is 8.45. The normalized spacial score (nSPS) is 10.8. The number of nitrogens with one attached hydrogen (secondary N) is 1. The highest BCUT2D eigenvalue weighted by Gasteiger charge is 2.09. The molecule has 0 spiro atoms. The van der Waals surface area contributed by atoms with Crippen LogP contribution in [0.1, 0.15) is 34.3 Å². The number of rotatable bonds is 8. The van der Waals surface area contributed by atoms with Crippen LogP contribution >= 0.6 is 23.1 Å². The fourth-order valence-electron chi connectivity index (χ4n) is 2.49. The zero-order chi connectivity index (χ0) is 19.2. The summed E-state index contributed by atoms with van der Waals surface area (Å²) in [7, 11) is 0. The summed E-state index contributed by atoms with van der Waals surface area (Å²) in [5.74, 6) is 0.485. The molecule has 4 nitrogen and oxygen atoms in total. The molecule has 140 valence electrons. The molecule has 0 amide bonds. The molecule has 0 saturated heterocycles. The van der Waals surface area contributed by atoms with E-state index in [1.807, 2.05) is 12.1 Å². The van der Waals surface area contributed by atoms with Gasteiger partial charge in [-0.3, -0.25) is 4.79 Å². The van der Waals surface area contributed by atoms with Gasteiger partial charge in [0.1, 0.15) is 5.82 Å². The topological polar surface area (TPSA) is 54.9 Å². The molecule has 0 unspecified atom stereocenters. The predicted molar refractivity (Wildman–Crippen MR) is 110 cm³/mol. The second kappa shape index (κ2) is 9.10. The van der Waals surface area contributed by atoms with Crippen molar-refractivity contribution in [2.45, 2.75) is 31.0 Å². The molecular formula is C20H20FN3OS2. The van der Waals surface area contributed by atoms with Crippen molar-refractivity contribution in [2.75, 3.05) is 11.1 Å². The lowest BCUT2D eigenvalue weighted by Gasteiger charge is -2.08. The highest BCUT2D eigenvalue weighted by molar-refractivity contribution is 8.01. The van der Waals surface area contributed by atoms with Crippen LogP contribution in [-0.2, 0) is 0 Å². The van der Waals surface area contributed by atoms with Gasteiger partial charge in [0, 0.05) is 23.4 Å². The summed E-state index contributed by atoms with van der Waals surface area (Å²) in [6.45, 7) is 4.15. The minimum absolute atomic E-state index is 0.0325. The largest absolute Gasteiger partial charge is 0.330 e. The predicted octanol–water partition coefficient (Wildman–Crippen LogP) is 5.79. The maximum atomic E-state index is 12.9. The van der Waals surface area contributed by atoms with Crippen molar-refractivity contribution in [2.24, 2.45) is 0 Å². The molecule has 0 aliphatic heterocycles. The Labute approximate surface area is 166 Å². The van der Waals surface area contributed by atoms with Crippen molar-refractivity contribution >= 4 is 39.7 Å². The van der Waals surface area contributed by atoms with Crippen molar-refractivity contribution in [1.82, 2.24) is 10.2 Å². The Morgan fingerprint density at radius 3 is 2.70 bits per heavy atom. The molecule has 7 heteroatoms. The van der Waals surface area contributed by atoms with Crippen molar-refractivity contribution < 1.29 is 9.18 Å². The van der Waals surface area contributed by atoms with Crippen LogP contribution in [0.4, 0.5) is 15.2 Å². The Hall–Kier alpha value is -2.25. The first-order valence-electron chi connectivity index (χ1n) is 8.61. The maximum Gasteiger partial charge on any atom is 0.210 e. The van der Waals surface area contributed by atoms with Gasteiger partial charge in [0.15, 0.2) is 10.1 Å². The van der Waals surface area contributed by atoms with Gasteiger partial charge in [-0.15, -0.1) is 10.2 Å². The van der Waals surface area contributed by atoms with Crippen molar-refractivity contribution in [1.29, 1.82) is 0 Å². The van der Waals surface area contributed by atoms with E-state index in [-0.39, 0.29) is 11.6 Å². The van der Waals surface area contributed by atoms with Gasteiger partial charge in [-0.1, -0.05) is 35.2 Å². The lowest BCUT2D eigenvalue weighted by Crippen LogP contribution is -1.99. The molecule has 1 heterocycles. The van der Waals surface area contributed by atoms with Gasteiger partial charge in [-0.05, 0) is 61.7 Å². The molecule has 3 aromatic rings. The van der Waals surface area contributed by atoms with Crippen LogP contribution < -0.4 is 5.32 Å². The number of aryl methyl sites for hydroxylation is 1. The molecule has 0 saturated carbocycles. The minimum Gasteiger partial charge on any atom is -0.330 e. The number of halogens is 1. The van der Waals surface area contributed by atoms with Crippen LogP contribution in [0.3, 0.4) is 0 Å². The molecule has 0 atom stereocenters. The molecule has 0 fully saturated rings. The number of Topliss-reactive ketones (excluding diaryl/α,β-unsaturated/α-hetero) is 1. The Kier molecular flexibility index (Phi) is 6.58. The van der Waals surface area contributed by atoms with Crippen molar-refractivity contribution in [3.8, 4) is 0 Å². The van der Waals surface area contributed by atoms with Crippen LogP contribution in [0.2, 0.25) is 0 Å². The van der Waals surface area contributed by atoms with Crippen LogP contribution in [0.25, 0.3) is 0 Å². The van der Waals surface area contributed by atoms with E-state index in [2.05, 4.69) is 35.4 Å². The van der Waals surface area contributed by atoms with Crippen LogP contribution in [0, 0.1) is 19.7 Å². The monoisotopic (exact) mass is 401 g/mol. The quantitative estimate of drug-likeness (QED) is 0.294. The minimum atomic E-state index is -0.330. The fourth-order valence-corrected chi connectivity index (χ4v) is 4.27. The molecule has 1 aromatic heterocycles. The molecule has 0 bridgehead atoms. The summed E-state index contributed by atoms with van der Waals surface area (Å²) >= 11 is 3.09. The lowest BCUT2D eigenvalue weighted by molar-refractivity contribution is 0.0982. The van der Waals surface area contributed by atoms with Gasteiger partial charge in [-0.2, -0.15) is 0 Å². The number of aromatic nitrogens is 2. The number of hydrogen-bond donors (Lipinski definition) is 1. The van der Waals surface area contributed by atoms with Crippen LogP contribution in [0.5, 0.6) is 0 Å². The molecular weight excluding hydrogens is 381 g/mol. The average Bonchev–Trinajstić information content (AvgIpc) is 3.10. The van der Waals surface area contributed by atoms with Gasteiger partial charge in [0.05, 0.1) is 0 Å². The Bertz CT molecular complexity index is 925. The standard InChI is InChI=1S/C20H20FN3OS2/c1-13-5-3-6-17(14(13)2)22-19-23-24-20(27-19)26-12-4-7-18(25)15-8-10-16(21)11-9-15/h3,5-6,8-11H,4,7,12H2,1-2H3,(H,22,23). The maximum absolute atomic E-state index is 12.9. The number of ketones is 1. The zero-order valence-corrected chi connectivity index (χ0v) is 16.8. The number of carbonyl (C=O) groups is 1. The van der Waals surface area contributed by atoms with Gasteiger partial charge in [0.25, 0.3) is 0 Å². The van der Waals surface area contributed by atoms with E-state index in [4.69, 9.17) is 0 Å². The first-order valence-corrected chi connectivity index (χ1v) is 10.4. The van der Waals surface area contributed by atoms with Gasteiger partial charge in [-0.25, -0.2) is 4.39 Å². The van der Waals surface area contributed by atoms with Gasteiger partial charge < -0.3 is 5.32 Å². The first-order chi connectivity index (χ1) is 13.0. The SMILES string of the molecule is Cc1cccc(Nc2nnc(SCCCC(=O)c3ccc(F)cc3)s2)c1C. The van der Waals surface area contributed by atoms with E-state index in [1.54, 1.807) is 11.8 Å². The summed E-state index contributed by atoms with van der Waals surface area (Å²) < 4.78 is 13.8. The number of hydrogen-bond acceptors (Lipinski definition) is 6. The van der Waals surface area contributed by atoms with E-state index in [1.165, 1.54) is 46.7 Å². The zero-order valence-electron chi connectivity index (χ0n) is 15.2. The van der Waals surface area contributed by atoms with Crippen molar-refractivity contribution in [3.05, 3.63) is 65.0 Å². The molecule has 27 heavy (non-hydrogen) atoms. The third kappa shape index (κ3) is 5.37. The molecule has 3 rings (SSSR count). The Balaban J connectivity index is 1.46. The summed E-state index contributed by atoms with van der Waals surface area (Å²) in [5.41, 5.74) is 4.01. The number of benzene rings is 2. The number of nitrogens with zero attached hydrogens (tertiary/aromatic N) is 2. The average molecular weight is 402 g/mol. The van der Waals surface area contributed by atoms with Crippen LogP contribution in [-0.4, -0.2) is 21.7 Å². The van der Waals surface area contributed by atoms with Gasteiger partial charge >= 0.3 is 0 Å². The number of thioether (sulfide) groups is 1.